The fourth-order valence-electron chi connectivity index (χ4n) is 0.341. The highest BCUT2D eigenvalue weighted by Crippen LogP contribution is 1.83. The maximum absolute atomic E-state index is 9.85. The van der Waals surface area contributed by atoms with E-state index in [1.807, 2.05) is 0 Å². The first-order valence-electron chi connectivity index (χ1n) is 4.05. The molecule has 0 aliphatic heterocycles. The number of hydrogen-bond acceptors (Lipinski definition) is 6. The summed E-state index contributed by atoms with van der Waals surface area (Å²) in [5.41, 5.74) is 9.73. The van der Waals surface area contributed by atoms with Crippen molar-refractivity contribution in [3.8, 4) is 0 Å². The van der Waals surface area contributed by atoms with Gasteiger partial charge in [-0.05, 0) is 6.42 Å². The van der Waals surface area contributed by atoms with Crippen molar-refractivity contribution in [3.05, 3.63) is 0 Å². The smallest absolute Gasteiger partial charge is 0.322 e. The molecule has 0 aliphatic rings. The standard InChI is InChI=1S/C4H9NO3.C3H7NO3/c5-3(1-2-6)4(7)8;4-2(1-5)3(6)7/h3,6H,1-2,5H2,(H,7,8);2,5H,1,4H2,(H,6,7)/t3-;/m0./s1. The third-order valence-electron chi connectivity index (χ3n) is 1.27. The minimum absolute atomic E-state index is 0.120. The zero-order chi connectivity index (χ0) is 12.4. The molecule has 0 rings (SSSR count). The molecule has 0 aliphatic carbocycles. The fraction of sp³-hybridized carbons (Fsp3) is 0.714. The number of nitrogens with two attached hydrogens (primary N) is 2. The molecule has 0 amide bonds. The highest BCUT2D eigenvalue weighted by atomic mass is 16.4. The van der Waals surface area contributed by atoms with Crippen molar-refractivity contribution in [1.82, 2.24) is 0 Å². The summed E-state index contributed by atoms with van der Waals surface area (Å²) >= 11 is 0. The Morgan fingerprint density at radius 3 is 1.47 bits per heavy atom. The van der Waals surface area contributed by atoms with Gasteiger partial charge in [-0.15, -0.1) is 0 Å². The van der Waals surface area contributed by atoms with Gasteiger partial charge in [-0.3, -0.25) is 9.59 Å². The fourth-order valence-corrected chi connectivity index (χ4v) is 0.341. The van der Waals surface area contributed by atoms with Crippen molar-refractivity contribution in [2.45, 2.75) is 18.5 Å². The van der Waals surface area contributed by atoms with Gasteiger partial charge in [0.1, 0.15) is 12.1 Å². The monoisotopic (exact) mass is 224 g/mol. The van der Waals surface area contributed by atoms with Crippen LogP contribution in [-0.2, 0) is 9.59 Å². The van der Waals surface area contributed by atoms with E-state index in [4.69, 9.17) is 31.9 Å². The van der Waals surface area contributed by atoms with Crippen LogP contribution < -0.4 is 11.5 Å². The third-order valence-corrected chi connectivity index (χ3v) is 1.27. The molecule has 8 heteroatoms. The molecule has 0 radical (unpaired) electrons. The van der Waals surface area contributed by atoms with Crippen LogP contribution in [0.4, 0.5) is 0 Å². The van der Waals surface area contributed by atoms with Crippen molar-refractivity contribution >= 4 is 11.9 Å². The minimum atomic E-state index is -1.18. The van der Waals surface area contributed by atoms with E-state index >= 15 is 0 Å². The van der Waals surface area contributed by atoms with Gasteiger partial charge in [-0.25, -0.2) is 0 Å². The summed E-state index contributed by atoms with van der Waals surface area (Å²) in [6.07, 6.45) is 0.120. The van der Waals surface area contributed by atoms with Gasteiger partial charge in [-0.1, -0.05) is 0 Å². The lowest BCUT2D eigenvalue weighted by atomic mass is 10.2. The maximum atomic E-state index is 9.85. The van der Waals surface area contributed by atoms with Gasteiger partial charge in [0.05, 0.1) is 6.61 Å². The van der Waals surface area contributed by atoms with E-state index in [0.29, 0.717) is 0 Å². The number of carboxylic acids is 2. The molecule has 0 spiro atoms. The number of carboxylic acid groups (broad SMARTS) is 2. The summed E-state index contributed by atoms with van der Waals surface area (Å²) in [6, 6.07) is -2.04. The normalized spacial score (nSPS) is 13.3. The van der Waals surface area contributed by atoms with E-state index in [0.717, 1.165) is 0 Å². The van der Waals surface area contributed by atoms with Crippen molar-refractivity contribution in [2.75, 3.05) is 13.2 Å². The average molecular weight is 224 g/mol. The number of aliphatic hydroxyl groups is 2. The Morgan fingerprint density at radius 2 is 1.40 bits per heavy atom. The molecule has 0 heterocycles. The number of carbonyl (C=O) groups is 2. The highest BCUT2D eigenvalue weighted by molar-refractivity contribution is 5.73. The Labute approximate surface area is 86.1 Å². The van der Waals surface area contributed by atoms with Crippen LogP contribution in [-0.4, -0.2) is 57.7 Å². The number of hydrogen-bond donors (Lipinski definition) is 6. The van der Waals surface area contributed by atoms with Crippen molar-refractivity contribution in [1.29, 1.82) is 0 Å². The molecule has 0 bridgehead atoms. The molecular weight excluding hydrogens is 208 g/mol. The van der Waals surface area contributed by atoms with Crippen LogP contribution in [0.2, 0.25) is 0 Å². The Kier molecular flexibility index (Phi) is 10.1. The highest BCUT2D eigenvalue weighted by Gasteiger charge is 2.08. The van der Waals surface area contributed by atoms with Gasteiger partial charge in [0.25, 0.3) is 0 Å². The molecule has 2 atom stereocenters. The van der Waals surface area contributed by atoms with Gasteiger partial charge in [0.2, 0.25) is 0 Å². The first-order valence-corrected chi connectivity index (χ1v) is 4.05. The van der Waals surface area contributed by atoms with Crippen LogP contribution in [0.1, 0.15) is 6.42 Å². The van der Waals surface area contributed by atoms with E-state index in [-0.39, 0.29) is 13.0 Å². The summed E-state index contributed by atoms with van der Waals surface area (Å²) in [5.74, 6) is -2.25. The molecule has 0 aromatic rings. The number of rotatable bonds is 5. The van der Waals surface area contributed by atoms with Gasteiger partial charge in [-0.2, -0.15) is 0 Å². The Hall–Kier alpha value is -1.22. The summed E-state index contributed by atoms with van der Waals surface area (Å²) in [6.45, 7) is -0.678. The summed E-state index contributed by atoms with van der Waals surface area (Å²) in [7, 11) is 0. The van der Waals surface area contributed by atoms with E-state index in [1.165, 1.54) is 0 Å². The maximum Gasteiger partial charge on any atom is 0.322 e. The first kappa shape index (κ1) is 16.2. The van der Waals surface area contributed by atoms with Crippen molar-refractivity contribution < 1.29 is 30.0 Å². The van der Waals surface area contributed by atoms with Gasteiger partial charge < -0.3 is 31.9 Å². The van der Waals surface area contributed by atoms with Crippen LogP contribution in [0.25, 0.3) is 0 Å². The van der Waals surface area contributed by atoms with Crippen molar-refractivity contribution in [3.63, 3.8) is 0 Å². The zero-order valence-electron chi connectivity index (χ0n) is 8.04. The van der Waals surface area contributed by atoms with Crippen molar-refractivity contribution in [2.24, 2.45) is 11.5 Å². The number of aliphatic hydroxyl groups excluding tert-OH is 2. The van der Waals surface area contributed by atoms with Crippen LogP contribution in [0.3, 0.4) is 0 Å². The molecular formula is C7H16N2O6. The molecule has 0 aromatic carbocycles. The predicted octanol–water partition coefficient (Wildman–Crippen LogP) is -2.83. The molecule has 15 heavy (non-hydrogen) atoms. The molecule has 8 nitrogen and oxygen atoms in total. The lowest BCUT2D eigenvalue weighted by Gasteiger charge is -2.00. The quantitative estimate of drug-likeness (QED) is 0.290. The largest absolute Gasteiger partial charge is 0.480 e. The van der Waals surface area contributed by atoms with Crippen LogP contribution in [0, 0.1) is 0 Å². The average Bonchev–Trinajstić information content (AvgIpc) is 2.17. The topological polar surface area (TPSA) is 167 Å². The lowest BCUT2D eigenvalue weighted by Crippen LogP contribution is -2.33. The number of aliphatic carboxylic acids is 2. The van der Waals surface area contributed by atoms with Crippen LogP contribution >= 0.6 is 0 Å². The molecule has 0 aromatic heterocycles. The van der Waals surface area contributed by atoms with Gasteiger partial charge in [0.15, 0.2) is 0 Å². The third kappa shape index (κ3) is 10.7. The van der Waals surface area contributed by atoms with Gasteiger partial charge >= 0.3 is 11.9 Å². The molecule has 90 valence electrons. The summed E-state index contributed by atoms with van der Waals surface area (Å²) < 4.78 is 0. The van der Waals surface area contributed by atoms with E-state index < -0.39 is 30.6 Å². The minimum Gasteiger partial charge on any atom is -0.480 e. The summed E-state index contributed by atoms with van der Waals surface area (Å²) in [4.78, 5) is 19.5. The first-order chi connectivity index (χ1) is 6.86. The predicted molar refractivity (Wildman–Crippen MR) is 50.0 cm³/mol. The molecule has 0 saturated heterocycles. The summed E-state index contributed by atoms with van der Waals surface area (Å²) in [5, 5.41) is 32.1. The van der Waals surface area contributed by atoms with E-state index in [2.05, 4.69) is 0 Å². The van der Waals surface area contributed by atoms with Gasteiger partial charge in [0, 0.05) is 6.61 Å². The molecule has 8 N–H and O–H groups in total. The van der Waals surface area contributed by atoms with E-state index in [1.54, 1.807) is 0 Å². The van der Waals surface area contributed by atoms with Crippen LogP contribution in [0.15, 0.2) is 0 Å². The lowest BCUT2D eigenvalue weighted by molar-refractivity contribution is -0.140. The zero-order valence-corrected chi connectivity index (χ0v) is 8.04. The second-order valence-electron chi connectivity index (χ2n) is 2.58. The molecule has 0 fully saturated rings. The van der Waals surface area contributed by atoms with E-state index in [9.17, 15) is 9.59 Å². The Morgan fingerprint density at radius 1 is 1.00 bits per heavy atom. The second kappa shape index (κ2) is 9.34. The molecule has 1 unspecified atom stereocenters. The SMILES string of the molecule is NC(CO)C(=O)O.N[C@@H](CCO)C(=O)O. The second-order valence-corrected chi connectivity index (χ2v) is 2.58. The molecule has 0 saturated carbocycles. The van der Waals surface area contributed by atoms with Crippen LogP contribution in [0.5, 0.6) is 0 Å². The Bertz CT molecular complexity index is 198. The Balaban J connectivity index is 0.